The van der Waals surface area contributed by atoms with Crippen LogP contribution in [0.15, 0.2) is 12.1 Å². The van der Waals surface area contributed by atoms with E-state index in [0.29, 0.717) is 13.0 Å². The molecule has 0 radical (unpaired) electrons. The molecule has 0 saturated carbocycles. The van der Waals surface area contributed by atoms with Gasteiger partial charge in [-0.3, -0.25) is 0 Å². The first-order valence-electron chi connectivity index (χ1n) is 6.28. The maximum atomic E-state index is 13.6. The highest BCUT2D eigenvalue weighted by Crippen LogP contribution is 2.21. The summed E-state index contributed by atoms with van der Waals surface area (Å²) in [5.41, 5.74) is -0.955. The van der Waals surface area contributed by atoms with Gasteiger partial charge in [0, 0.05) is 25.2 Å². The van der Waals surface area contributed by atoms with Crippen molar-refractivity contribution in [3.8, 4) is 0 Å². The van der Waals surface area contributed by atoms with Crippen molar-refractivity contribution in [1.82, 2.24) is 10.6 Å². The summed E-state index contributed by atoms with van der Waals surface area (Å²) in [6, 6.07) is 2.33. The Morgan fingerprint density at radius 1 is 1.42 bits per heavy atom. The lowest BCUT2D eigenvalue weighted by Crippen LogP contribution is -2.51. The second-order valence-corrected chi connectivity index (χ2v) is 5.34. The van der Waals surface area contributed by atoms with E-state index in [2.05, 4.69) is 10.6 Å². The molecule has 1 fully saturated rings. The summed E-state index contributed by atoms with van der Waals surface area (Å²) in [5.74, 6) is -1.38. The number of piperidine rings is 1. The van der Waals surface area contributed by atoms with Crippen molar-refractivity contribution >= 4 is 11.6 Å². The minimum Gasteiger partial charge on any atom is -0.387 e. The van der Waals surface area contributed by atoms with Crippen LogP contribution in [0.4, 0.5) is 8.78 Å². The van der Waals surface area contributed by atoms with Gasteiger partial charge in [-0.05, 0) is 31.5 Å². The smallest absolute Gasteiger partial charge is 0.149 e. The molecule has 3 nitrogen and oxygen atoms in total. The van der Waals surface area contributed by atoms with Crippen molar-refractivity contribution in [1.29, 1.82) is 0 Å². The van der Waals surface area contributed by atoms with E-state index in [1.165, 1.54) is 6.07 Å². The van der Waals surface area contributed by atoms with Crippen LogP contribution in [0, 0.1) is 11.6 Å². The summed E-state index contributed by atoms with van der Waals surface area (Å²) in [4.78, 5) is 0. The van der Waals surface area contributed by atoms with Gasteiger partial charge in [0.1, 0.15) is 11.6 Å². The minimum absolute atomic E-state index is 0.000532. The van der Waals surface area contributed by atoms with Crippen molar-refractivity contribution in [2.75, 3.05) is 19.6 Å². The lowest BCUT2D eigenvalue weighted by Gasteiger charge is -2.32. The first-order valence-corrected chi connectivity index (χ1v) is 6.66. The predicted octanol–water partition coefficient (Wildman–Crippen LogP) is 1.82. The Kier molecular flexibility index (Phi) is 4.73. The summed E-state index contributed by atoms with van der Waals surface area (Å²) in [5, 5.41) is 16.1. The van der Waals surface area contributed by atoms with Crippen LogP contribution in [0.1, 0.15) is 18.4 Å². The molecule has 106 valence electrons. The molecule has 0 spiro atoms. The number of halogens is 3. The van der Waals surface area contributed by atoms with Gasteiger partial charge in [-0.1, -0.05) is 11.6 Å². The Morgan fingerprint density at radius 3 is 2.89 bits per heavy atom. The molecule has 1 atom stereocenters. The normalized spacial score (nSPS) is 23.6. The van der Waals surface area contributed by atoms with Crippen LogP contribution in [0.5, 0.6) is 0 Å². The highest BCUT2D eigenvalue weighted by Gasteiger charge is 2.28. The fourth-order valence-corrected chi connectivity index (χ4v) is 2.43. The molecule has 6 heteroatoms. The third kappa shape index (κ3) is 3.63. The zero-order chi connectivity index (χ0) is 13.9. The first kappa shape index (κ1) is 14.7. The van der Waals surface area contributed by atoms with E-state index in [-0.39, 0.29) is 23.7 Å². The molecule has 1 saturated heterocycles. The van der Waals surface area contributed by atoms with E-state index in [1.807, 2.05) is 0 Å². The Balaban J connectivity index is 1.94. The third-order valence-electron chi connectivity index (χ3n) is 3.34. The molecule has 1 aromatic rings. The van der Waals surface area contributed by atoms with Crippen molar-refractivity contribution in [3.63, 3.8) is 0 Å². The average molecular weight is 291 g/mol. The van der Waals surface area contributed by atoms with Crippen LogP contribution < -0.4 is 10.6 Å². The second kappa shape index (κ2) is 6.13. The van der Waals surface area contributed by atoms with Gasteiger partial charge in [0.05, 0.1) is 10.6 Å². The van der Waals surface area contributed by atoms with E-state index in [1.54, 1.807) is 0 Å². The molecule has 3 N–H and O–H groups in total. The topological polar surface area (TPSA) is 44.3 Å². The molecular weight excluding hydrogens is 274 g/mol. The van der Waals surface area contributed by atoms with Gasteiger partial charge in [0.25, 0.3) is 0 Å². The quantitative estimate of drug-likeness (QED) is 0.741. The van der Waals surface area contributed by atoms with Crippen LogP contribution >= 0.6 is 11.6 Å². The number of hydrogen-bond donors (Lipinski definition) is 3. The van der Waals surface area contributed by atoms with Gasteiger partial charge in [0.15, 0.2) is 0 Å². The summed E-state index contributed by atoms with van der Waals surface area (Å²) < 4.78 is 27.1. The molecule has 0 bridgehead atoms. The van der Waals surface area contributed by atoms with E-state index in [4.69, 9.17) is 11.6 Å². The van der Waals surface area contributed by atoms with Crippen molar-refractivity contribution in [2.24, 2.45) is 0 Å². The molecular formula is C13H17ClF2N2O. The standard InChI is InChI=1S/C13H17ClF2N2O/c14-10-2-3-11(15)9(12(10)16)6-18-8-13(19)4-1-5-17-7-13/h2-3,17-19H,1,4-8H2/t13-/m0/s1. The molecule has 1 aromatic carbocycles. The van der Waals surface area contributed by atoms with Gasteiger partial charge in [-0.25, -0.2) is 8.78 Å². The summed E-state index contributed by atoms with van der Waals surface area (Å²) in [6.07, 6.45) is 1.56. The maximum Gasteiger partial charge on any atom is 0.149 e. The SMILES string of the molecule is O[C@@]1(CNCc2c(F)ccc(Cl)c2F)CCCNC1. The fraction of sp³-hybridized carbons (Fsp3) is 0.538. The number of rotatable bonds is 4. The van der Waals surface area contributed by atoms with E-state index in [0.717, 1.165) is 19.0 Å². The summed E-state index contributed by atoms with van der Waals surface area (Å²) in [7, 11) is 0. The zero-order valence-electron chi connectivity index (χ0n) is 10.5. The monoisotopic (exact) mass is 290 g/mol. The molecule has 0 amide bonds. The molecule has 1 heterocycles. The lowest BCUT2D eigenvalue weighted by atomic mass is 9.94. The molecule has 1 aliphatic heterocycles. The molecule has 2 rings (SSSR count). The zero-order valence-corrected chi connectivity index (χ0v) is 11.2. The molecule has 0 aliphatic carbocycles. The Morgan fingerprint density at radius 2 is 2.21 bits per heavy atom. The minimum atomic E-state index is -0.857. The van der Waals surface area contributed by atoms with Crippen molar-refractivity contribution in [3.05, 3.63) is 34.4 Å². The van der Waals surface area contributed by atoms with E-state index in [9.17, 15) is 13.9 Å². The van der Waals surface area contributed by atoms with Crippen LogP contribution in [0.25, 0.3) is 0 Å². The van der Waals surface area contributed by atoms with Gasteiger partial charge in [0.2, 0.25) is 0 Å². The van der Waals surface area contributed by atoms with Gasteiger partial charge >= 0.3 is 0 Å². The maximum absolute atomic E-state index is 13.6. The van der Waals surface area contributed by atoms with E-state index < -0.39 is 17.2 Å². The second-order valence-electron chi connectivity index (χ2n) is 4.93. The summed E-state index contributed by atoms with van der Waals surface area (Å²) in [6.45, 7) is 1.66. The Labute approximate surface area is 116 Å². The number of hydrogen-bond acceptors (Lipinski definition) is 3. The summed E-state index contributed by atoms with van der Waals surface area (Å²) >= 11 is 5.61. The lowest BCUT2D eigenvalue weighted by molar-refractivity contribution is 0.0168. The molecule has 19 heavy (non-hydrogen) atoms. The van der Waals surface area contributed by atoms with Crippen LogP contribution in [-0.4, -0.2) is 30.3 Å². The van der Waals surface area contributed by atoms with Gasteiger partial charge < -0.3 is 15.7 Å². The number of aliphatic hydroxyl groups is 1. The highest BCUT2D eigenvalue weighted by molar-refractivity contribution is 6.30. The largest absolute Gasteiger partial charge is 0.387 e. The van der Waals surface area contributed by atoms with Crippen molar-refractivity contribution < 1.29 is 13.9 Å². The van der Waals surface area contributed by atoms with Crippen molar-refractivity contribution in [2.45, 2.75) is 25.0 Å². The number of β-amino-alcohol motifs (C(OH)–C–C–N with tert-alkyl or cyclic N) is 1. The predicted molar refractivity (Wildman–Crippen MR) is 70.1 cm³/mol. The number of nitrogens with one attached hydrogen (secondary N) is 2. The first-order chi connectivity index (χ1) is 9.02. The van der Waals surface area contributed by atoms with Gasteiger partial charge in [-0.2, -0.15) is 0 Å². The van der Waals surface area contributed by atoms with Crippen LogP contribution in [-0.2, 0) is 6.54 Å². The Hall–Kier alpha value is -0.750. The number of benzene rings is 1. The van der Waals surface area contributed by atoms with E-state index >= 15 is 0 Å². The highest BCUT2D eigenvalue weighted by atomic mass is 35.5. The van der Waals surface area contributed by atoms with Crippen LogP contribution in [0.3, 0.4) is 0 Å². The fourth-order valence-electron chi connectivity index (χ4n) is 2.25. The van der Waals surface area contributed by atoms with Gasteiger partial charge in [-0.15, -0.1) is 0 Å². The molecule has 1 aliphatic rings. The molecule has 0 unspecified atom stereocenters. The molecule has 0 aromatic heterocycles. The Bertz CT molecular complexity index is 451. The van der Waals surface area contributed by atoms with Crippen LogP contribution in [0.2, 0.25) is 5.02 Å². The third-order valence-corrected chi connectivity index (χ3v) is 3.64. The average Bonchev–Trinajstić information content (AvgIpc) is 2.39.